The summed E-state index contributed by atoms with van der Waals surface area (Å²) in [4.78, 5) is 0. The second-order valence-electron chi connectivity index (χ2n) is 6.63. The highest BCUT2D eigenvalue weighted by Gasteiger charge is 2.17. The summed E-state index contributed by atoms with van der Waals surface area (Å²) in [6.45, 7) is 0. The number of fused-ring (bicyclic) bond motifs is 3. The number of ether oxygens (including phenoxy) is 1. The number of rotatable bonds is 3. The highest BCUT2D eigenvalue weighted by atomic mass is 16.5. The minimum atomic E-state index is 0.873. The van der Waals surface area contributed by atoms with Gasteiger partial charge >= 0.3 is 0 Å². The molecule has 0 atom stereocenters. The molecule has 5 rings (SSSR count). The highest BCUT2D eigenvalue weighted by Crippen LogP contribution is 2.40. The van der Waals surface area contributed by atoms with Crippen molar-refractivity contribution in [1.82, 2.24) is 4.57 Å². The lowest BCUT2D eigenvalue weighted by molar-refractivity contribution is 0.415. The Morgan fingerprint density at radius 3 is 2.07 bits per heavy atom. The van der Waals surface area contributed by atoms with E-state index in [2.05, 4.69) is 95.6 Å². The van der Waals surface area contributed by atoms with Gasteiger partial charge < -0.3 is 9.30 Å². The predicted molar refractivity (Wildman–Crippen MR) is 113 cm³/mol. The standard InChI is InChI=1S/C25H19NO/c1-27-20-16-22(18-10-4-2-5-11-18)25-23(17-20)21-14-8-9-15-24(21)26(25)19-12-6-3-7-13-19/h2-17H,1H3. The van der Waals surface area contributed by atoms with Crippen LogP contribution in [-0.2, 0) is 0 Å². The maximum absolute atomic E-state index is 5.64. The fourth-order valence-corrected chi connectivity index (χ4v) is 3.87. The topological polar surface area (TPSA) is 14.2 Å². The summed E-state index contributed by atoms with van der Waals surface area (Å²) in [6.07, 6.45) is 0. The maximum Gasteiger partial charge on any atom is 0.120 e. The van der Waals surface area contributed by atoms with Gasteiger partial charge in [0.05, 0.1) is 18.1 Å². The number of benzene rings is 4. The van der Waals surface area contributed by atoms with Crippen LogP contribution in [0.2, 0.25) is 0 Å². The van der Waals surface area contributed by atoms with Crippen LogP contribution in [0.15, 0.2) is 97.1 Å². The first-order valence-corrected chi connectivity index (χ1v) is 9.09. The molecule has 0 aliphatic rings. The zero-order valence-electron chi connectivity index (χ0n) is 15.1. The molecule has 0 saturated carbocycles. The van der Waals surface area contributed by atoms with Gasteiger partial charge in [0.2, 0.25) is 0 Å². The molecule has 27 heavy (non-hydrogen) atoms. The molecule has 0 spiro atoms. The molecule has 0 fully saturated rings. The lowest BCUT2D eigenvalue weighted by Crippen LogP contribution is -1.95. The Kier molecular flexibility index (Phi) is 3.68. The molecule has 0 aliphatic carbocycles. The van der Waals surface area contributed by atoms with E-state index in [4.69, 9.17) is 4.74 Å². The van der Waals surface area contributed by atoms with Crippen molar-refractivity contribution in [2.24, 2.45) is 0 Å². The van der Waals surface area contributed by atoms with Crippen LogP contribution >= 0.6 is 0 Å². The molecule has 2 nitrogen and oxygen atoms in total. The van der Waals surface area contributed by atoms with E-state index in [9.17, 15) is 0 Å². The molecule has 0 unspecified atom stereocenters. The Morgan fingerprint density at radius 1 is 0.667 bits per heavy atom. The molecule has 0 aliphatic heterocycles. The monoisotopic (exact) mass is 349 g/mol. The van der Waals surface area contributed by atoms with Crippen LogP contribution in [0.5, 0.6) is 5.75 Å². The Bertz CT molecular complexity index is 1240. The van der Waals surface area contributed by atoms with E-state index in [1.54, 1.807) is 7.11 Å². The second-order valence-corrected chi connectivity index (χ2v) is 6.63. The third-order valence-electron chi connectivity index (χ3n) is 5.08. The lowest BCUT2D eigenvalue weighted by Gasteiger charge is -2.13. The lowest BCUT2D eigenvalue weighted by atomic mass is 10.0. The molecule has 1 heterocycles. The fourth-order valence-electron chi connectivity index (χ4n) is 3.87. The molecule has 0 amide bonds. The largest absolute Gasteiger partial charge is 0.497 e. The average Bonchev–Trinajstić information content (AvgIpc) is 3.09. The molecule has 0 radical (unpaired) electrons. The van der Waals surface area contributed by atoms with Crippen molar-refractivity contribution < 1.29 is 4.74 Å². The Labute approximate surface area is 158 Å². The van der Waals surface area contributed by atoms with Crippen LogP contribution in [-0.4, -0.2) is 11.7 Å². The summed E-state index contributed by atoms with van der Waals surface area (Å²) in [5, 5.41) is 2.43. The summed E-state index contributed by atoms with van der Waals surface area (Å²) < 4.78 is 7.99. The van der Waals surface area contributed by atoms with Crippen molar-refractivity contribution in [3.05, 3.63) is 97.1 Å². The van der Waals surface area contributed by atoms with Crippen LogP contribution < -0.4 is 4.74 Å². The molecule has 5 aromatic rings. The molecular formula is C25H19NO. The zero-order chi connectivity index (χ0) is 18.2. The number of aromatic nitrogens is 1. The minimum Gasteiger partial charge on any atom is -0.497 e. The Morgan fingerprint density at radius 2 is 1.33 bits per heavy atom. The van der Waals surface area contributed by atoms with Gasteiger partial charge in [-0.1, -0.05) is 66.7 Å². The third kappa shape index (κ3) is 2.49. The van der Waals surface area contributed by atoms with E-state index in [0.29, 0.717) is 0 Å². The van der Waals surface area contributed by atoms with E-state index in [-0.39, 0.29) is 0 Å². The molecule has 0 N–H and O–H groups in total. The highest BCUT2D eigenvalue weighted by molar-refractivity contribution is 6.14. The van der Waals surface area contributed by atoms with Crippen LogP contribution in [0.4, 0.5) is 0 Å². The van der Waals surface area contributed by atoms with Crippen LogP contribution in [0.3, 0.4) is 0 Å². The van der Waals surface area contributed by atoms with Gasteiger partial charge in [-0.05, 0) is 35.9 Å². The number of hydrogen-bond acceptors (Lipinski definition) is 1. The first-order chi connectivity index (χ1) is 13.4. The number of methoxy groups -OCH3 is 1. The van der Waals surface area contributed by atoms with E-state index in [1.807, 2.05) is 6.07 Å². The van der Waals surface area contributed by atoms with Crippen molar-refractivity contribution in [3.63, 3.8) is 0 Å². The van der Waals surface area contributed by atoms with E-state index >= 15 is 0 Å². The smallest absolute Gasteiger partial charge is 0.120 e. The minimum absolute atomic E-state index is 0.873. The van der Waals surface area contributed by atoms with E-state index < -0.39 is 0 Å². The van der Waals surface area contributed by atoms with Crippen molar-refractivity contribution in [3.8, 4) is 22.6 Å². The Hall–Kier alpha value is -3.52. The summed E-state index contributed by atoms with van der Waals surface area (Å²) >= 11 is 0. The number of hydrogen-bond donors (Lipinski definition) is 0. The average molecular weight is 349 g/mol. The Balaban J connectivity index is 2.01. The van der Waals surface area contributed by atoms with E-state index in [0.717, 1.165) is 11.4 Å². The van der Waals surface area contributed by atoms with Gasteiger partial charge in [0, 0.05) is 22.0 Å². The van der Waals surface area contributed by atoms with Crippen molar-refractivity contribution in [1.29, 1.82) is 0 Å². The van der Waals surface area contributed by atoms with Crippen LogP contribution in [0.1, 0.15) is 0 Å². The number of nitrogens with zero attached hydrogens (tertiary/aromatic N) is 1. The molecule has 0 bridgehead atoms. The van der Waals surface area contributed by atoms with Crippen molar-refractivity contribution in [2.75, 3.05) is 7.11 Å². The van der Waals surface area contributed by atoms with Gasteiger partial charge in [-0.2, -0.15) is 0 Å². The van der Waals surface area contributed by atoms with Crippen molar-refractivity contribution in [2.45, 2.75) is 0 Å². The van der Waals surface area contributed by atoms with E-state index in [1.165, 1.54) is 32.9 Å². The summed E-state index contributed by atoms with van der Waals surface area (Å²) in [6, 6.07) is 33.9. The first kappa shape index (κ1) is 15.7. The zero-order valence-corrected chi connectivity index (χ0v) is 15.1. The van der Waals surface area contributed by atoms with Crippen molar-refractivity contribution >= 4 is 21.8 Å². The molecule has 130 valence electrons. The van der Waals surface area contributed by atoms with Crippen LogP contribution in [0, 0.1) is 0 Å². The molecule has 0 saturated heterocycles. The molecule has 2 heteroatoms. The summed E-state index contributed by atoms with van der Waals surface area (Å²) in [7, 11) is 1.73. The fraction of sp³-hybridized carbons (Fsp3) is 0.0400. The van der Waals surface area contributed by atoms with Crippen LogP contribution in [0.25, 0.3) is 38.6 Å². The van der Waals surface area contributed by atoms with Gasteiger partial charge in [-0.15, -0.1) is 0 Å². The van der Waals surface area contributed by atoms with Gasteiger partial charge in [0.25, 0.3) is 0 Å². The van der Waals surface area contributed by atoms with Gasteiger partial charge in [0.15, 0.2) is 0 Å². The normalized spacial score (nSPS) is 11.1. The third-order valence-corrected chi connectivity index (χ3v) is 5.08. The first-order valence-electron chi connectivity index (χ1n) is 9.09. The van der Waals surface area contributed by atoms with Gasteiger partial charge in [-0.3, -0.25) is 0 Å². The maximum atomic E-state index is 5.64. The van der Waals surface area contributed by atoms with Gasteiger partial charge in [0.1, 0.15) is 5.75 Å². The second kappa shape index (κ2) is 6.33. The SMILES string of the molecule is COc1cc(-c2ccccc2)c2c(c1)c1ccccc1n2-c1ccccc1. The predicted octanol–water partition coefficient (Wildman–Crippen LogP) is 6.46. The number of para-hydroxylation sites is 2. The van der Waals surface area contributed by atoms with Gasteiger partial charge in [-0.25, -0.2) is 0 Å². The summed E-state index contributed by atoms with van der Waals surface area (Å²) in [5.41, 5.74) is 5.91. The molecule has 4 aromatic carbocycles. The quantitative estimate of drug-likeness (QED) is 0.364. The molecular weight excluding hydrogens is 330 g/mol. The summed E-state index contributed by atoms with van der Waals surface area (Å²) in [5.74, 6) is 0.873. The molecule has 1 aromatic heterocycles.